The molecule has 2 rings (SSSR count). The number of benzene rings is 1. The third-order valence-electron chi connectivity index (χ3n) is 3.96. The highest BCUT2D eigenvalue weighted by Gasteiger charge is 2.43. The number of hydrogen-bond acceptors (Lipinski definition) is 0. The topological polar surface area (TPSA) is 3.01 Å². The van der Waals surface area contributed by atoms with E-state index < -0.39 is 0 Å². The van der Waals surface area contributed by atoms with Crippen molar-refractivity contribution in [1.82, 2.24) is 0 Å². The smallest absolute Gasteiger partial charge is 0.202 e. The van der Waals surface area contributed by atoms with Gasteiger partial charge >= 0.3 is 0 Å². The molecule has 1 heterocycles. The van der Waals surface area contributed by atoms with E-state index in [0.29, 0.717) is 0 Å². The highest BCUT2D eigenvalue weighted by molar-refractivity contribution is 5.94. The molecule has 0 amide bonds. The van der Waals surface area contributed by atoms with Crippen LogP contribution in [0.3, 0.4) is 0 Å². The van der Waals surface area contributed by atoms with E-state index in [2.05, 4.69) is 58.4 Å². The maximum atomic E-state index is 2.34. The van der Waals surface area contributed by atoms with Gasteiger partial charge in [-0.3, -0.25) is 0 Å². The summed E-state index contributed by atoms with van der Waals surface area (Å²) in [4.78, 5) is 0. The van der Waals surface area contributed by atoms with Gasteiger partial charge in [-0.1, -0.05) is 12.1 Å². The van der Waals surface area contributed by atoms with E-state index in [9.17, 15) is 0 Å². The van der Waals surface area contributed by atoms with Crippen molar-refractivity contribution in [3.05, 3.63) is 28.8 Å². The van der Waals surface area contributed by atoms with Gasteiger partial charge in [0.25, 0.3) is 0 Å². The third kappa shape index (κ3) is 1.19. The van der Waals surface area contributed by atoms with E-state index in [-0.39, 0.29) is 5.41 Å². The van der Waals surface area contributed by atoms with Crippen molar-refractivity contribution in [1.29, 1.82) is 0 Å². The summed E-state index contributed by atoms with van der Waals surface area (Å²) in [6, 6.07) is 4.46. The van der Waals surface area contributed by atoms with Crippen LogP contribution in [0.5, 0.6) is 0 Å². The maximum absolute atomic E-state index is 2.34. The molecule has 1 aromatic carbocycles. The van der Waals surface area contributed by atoms with Gasteiger partial charge in [0.2, 0.25) is 5.69 Å². The SMILES string of the molecule is CC1=[N+](C)c2c(C)ccc(C)c2C1(C)C. The average molecular weight is 202 g/mol. The van der Waals surface area contributed by atoms with Gasteiger partial charge in [-0.25, -0.2) is 4.58 Å². The standard InChI is InChI=1S/C14H20N/c1-9-7-8-10(2)13-12(9)14(4,5)11(3)15(13)6/h7-8H,1-6H3/q+1. The monoisotopic (exact) mass is 202 g/mol. The second-order valence-corrected chi connectivity index (χ2v) is 5.19. The average Bonchev–Trinajstić information content (AvgIpc) is 2.34. The zero-order valence-corrected chi connectivity index (χ0v) is 10.6. The molecule has 0 N–H and O–H groups in total. The Hall–Kier alpha value is -1.11. The largest absolute Gasteiger partial charge is 0.212 e. The van der Waals surface area contributed by atoms with Crippen molar-refractivity contribution in [3.8, 4) is 0 Å². The first-order valence-corrected chi connectivity index (χ1v) is 5.56. The molecule has 1 heteroatoms. The molecule has 0 spiro atoms. The summed E-state index contributed by atoms with van der Waals surface area (Å²) in [7, 11) is 2.18. The Balaban J connectivity index is 2.86. The molecule has 0 saturated heterocycles. The lowest BCUT2D eigenvalue weighted by Gasteiger charge is -2.17. The van der Waals surface area contributed by atoms with Crippen LogP contribution < -0.4 is 0 Å². The van der Waals surface area contributed by atoms with Crippen LogP contribution >= 0.6 is 0 Å². The van der Waals surface area contributed by atoms with Gasteiger partial charge in [-0.05, 0) is 33.3 Å². The highest BCUT2D eigenvalue weighted by atomic mass is 15.0. The molecule has 0 unspecified atom stereocenters. The van der Waals surface area contributed by atoms with Gasteiger partial charge in [-0.2, -0.15) is 0 Å². The minimum absolute atomic E-state index is 0.181. The van der Waals surface area contributed by atoms with Crippen LogP contribution in [0.4, 0.5) is 5.69 Å². The van der Waals surface area contributed by atoms with Crippen LogP contribution in [-0.4, -0.2) is 17.3 Å². The summed E-state index contributed by atoms with van der Waals surface area (Å²) >= 11 is 0. The molecular formula is C14H20N+. The highest BCUT2D eigenvalue weighted by Crippen LogP contribution is 2.42. The Morgan fingerprint density at radius 1 is 1.00 bits per heavy atom. The Kier molecular flexibility index (Phi) is 2.04. The van der Waals surface area contributed by atoms with Crippen LogP contribution in [0.2, 0.25) is 0 Å². The lowest BCUT2D eigenvalue weighted by molar-refractivity contribution is -0.403. The van der Waals surface area contributed by atoms with E-state index in [4.69, 9.17) is 0 Å². The fraction of sp³-hybridized carbons (Fsp3) is 0.500. The number of rotatable bonds is 0. The van der Waals surface area contributed by atoms with Gasteiger partial charge < -0.3 is 0 Å². The molecule has 0 aliphatic carbocycles. The van der Waals surface area contributed by atoms with Gasteiger partial charge in [-0.15, -0.1) is 0 Å². The molecule has 0 aromatic heterocycles. The van der Waals surface area contributed by atoms with Crippen molar-refractivity contribution in [3.63, 3.8) is 0 Å². The first-order valence-electron chi connectivity index (χ1n) is 5.56. The molecule has 0 radical (unpaired) electrons. The maximum Gasteiger partial charge on any atom is 0.212 e. The second kappa shape index (κ2) is 2.94. The number of fused-ring (bicyclic) bond motifs is 1. The van der Waals surface area contributed by atoms with Crippen molar-refractivity contribution in [2.24, 2.45) is 0 Å². The van der Waals surface area contributed by atoms with Crippen molar-refractivity contribution >= 4 is 11.4 Å². The minimum Gasteiger partial charge on any atom is -0.202 e. The molecule has 0 atom stereocenters. The van der Waals surface area contributed by atoms with Crippen LogP contribution in [0.15, 0.2) is 12.1 Å². The molecule has 0 bridgehead atoms. The fourth-order valence-electron chi connectivity index (χ4n) is 2.79. The Bertz CT molecular complexity index is 464. The molecule has 0 saturated carbocycles. The number of aryl methyl sites for hydroxylation is 2. The van der Waals surface area contributed by atoms with Gasteiger partial charge in [0.05, 0.1) is 5.41 Å². The molecule has 15 heavy (non-hydrogen) atoms. The summed E-state index contributed by atoms with van der Waals surface area (Å²) in [6.45, 7) is 11.3. The van der Waals surface area contributed by atoms with E-state index >= 15 is 0 Å². The zero-order valence-electron chi connectivity index (χ0n) is 10.6. The first kappa shape index (κ1) is 10.4. The summed E-state index contributed by atoms with van der Waals surface area (Å²) in [5.74, 6) is 0. The van der Waals surface area contributed by atoms with Crippen LogP contribution in [0.25, 0.3) is 0 Å². The Labute approximate surface area is 92.5 Å². The minimum atomic E-state index is 0.181. The van der Waals surface area contributed by atoms with Gasteiger partial charge in [0.15, 0.2) is 5.71 Å². The normalized spacial score (nSPS) is 18.3. The summed E-state index contributed by atoms with van der Waals surface area (Å²) in [5.41, 5.74) is 7.32. The van der Waals surface area contributed by atoms with Crippen LogP contribution in [0, 0.1) is 13.8 Å². The van der Waals surface area contributed by atoms with Gasteiger partial charge in [0, 0.05) is 18.1 Å². The molecule has 80 valence electrons. The van der Waals surface area contributed by atoms with Crippen LogP contribution in [0.1, 0.15) is 37.5 Å². The quantitative estimate of drug-likeness (QED) is 0.568. The van der Waals surface area contributed by atoms with Crippen molar-refractivity contribution in [2.45, 2.75) is 40.0 Å². The lowest BCUT2D eigenvalue weighted by Crippen LogP contribution is -2.26. The van der Waals surface area contributed by atoms with E-state index in [1.165, 1.54) is 28.1 Å². The van der Waals surface area contributed by atoms with Gasteiger partial charge in [0.1, 0.15) is 7.05 Å². The second-order valence-electron chi connectivity index (χ2n) is 5.19. The molecule has 1 aliphatic heterocycles. The van der Waals surface area contributed by atoms with Crippen LogP contribution in [-0.2, 0) is 5.41 Å². The number of nitrogens with zero attached hydrogens (tertiary/aromatic N) is 1. The zero-order chi connectivity index (χ0) is 11.4. The third-order valence-corrected chi connectivity index (χ3v) is 3.96. The molecular weight excluding hydrogens is 182 g/mol. The predicted octanol–water partition coefficient (Wildman–Crippen LogP) is 3.33. The van der Waals surface area contributed by atoms with E-state index in [0.717, 1.165) is 0 Å². The molecule has 1 aromatic rings. The molecule has 0 fully saturated rings. The van der Waals surface area contributed by atoms with E-state index in [1.807, 2.05) is 0 Å². The molecule has 1 aliphatic rings. The Morgan fingerprint density at radius 2 is 1.53 bits per heavy atom. The van der Waals surface area contributed by atoms with Crippen molar-refractivity contribution < 1.29 is 4.58 Å². The summed E-state index contributed by atoms with van der Waals surface area (Å²) in [5, 5.41) is 0. The predicted molar refractivity (Wildman–Crippen MR) is 65.5 cm³/mol. The summed E-state index contributed by atoms with van der Waals surface area (Å²) in [6.07, 6.45) is 0. The first-order chi connectivity index (χ1) is 6.87. The summed E-state index contributed by atoms with van der Waals surface area (Å²) < 4.78 is 2.34. The molecule has 1 nitrogen and oxygen atoms in total. The van der Waals surface area contributed by atoms with E-state index in [1.54, 1.807) is 0 Å². The lowest BCUT2D eigenvalue weighted by atomic mass is 9.79. The number of hydrogen-bond donors (Lipinski definition) is 0. The van der Waals surface area contributed by atoms with Crippen molar-refractivity contribution in [2.75, 3.05) is 7.05 Å². The Morgan fingerprint density at radius 3 is 2.07 bits per heavy atom. The fourth-order valence-corrected chi connectivity index (χ4v) is 2.79.